The number of benzene rings is 2. The number of hydrogen-bond donors (Lipinski definition) is 1. The van der Waals surface area contributed by atoms with E-state index in [2.05, 4.69) is 5.32 Å². The number of methoxy groups -OCH3 is 1. The van der Waals surface area contributed by atoms with Gasteiger partial charge in [0.1, 0.15) is 5.76 Å². The van der Waals surface area contributed by atoms with Crippen LogP contribution in [0.1, 0.15) is 11.3 Å². The highest BCUT2D eigenvalue weighted by atomic mass is 35.5. The Morgan fingerprint density at radius 2 is 2.09 bits per heavy atom. The number of fused-ring (bicyclic) bond motifs is 2. The number of ether oxygens (including phenoxy) is 1. The molecule has 0 unspecified atom stereocenters. The molecule has 1 N–H and O–H groups in total. The number of nitrogens with one attached hydrogen (secondary N) is 1. The lowest BCUT2D eigenvalue weighted by molar-refractivity contribution is -0.110. The molecule has 1 amide bonds. The van der Waals surface area contributed by atoms with Gasteiger partial charge in [-0.05, 0) is 36.4 Å². The monoisotopic (exact) mass is 325 g/mol. The summed E-state index contributed by atoms with van der Waals surface area (Å²) in [6.07, 6.45) is 1.72. The number of hydrogen-bond acceptors (Lipinski definition) is 3. The van der Waals surface area contributed by atoms with Crippen molar-refractivity contribution in [3.05, 3.63) is 58.8 Å². The molecule has 4 rings (SSSR count). The Morgan fingerprint density at radius 3 is 2.91 bits per heavy atom. The van der Waals surface area contributed by atoms with Gasteiger partial charge in [-0.1, -0.05) is 23.7 Å². The van der Waals surface area contributed by atoms with Gasteiger partial charge in [-0.2, -0.15) is 0 Å². The van der Waals surface area contributed by atoms with Crippen molar-refractivity contribution in [3.63, 3.8) is 0 Å². The summed E-state index contributed by atoms with van der Waals surface area (Å²) in [5.41, 5.74) is 2.71. The lowest BCUT2D eigenvalue weighted by Gasteiger charge is -1.99. The average Bonchev–Trinajstić information content (AvgIpc) is 3.09. The van der Waals surface area contributed by atoms with Gasteiger partial charge in [0.25, 0.3) is 5.91 Å². The maximum Gasteiger partial charge on any atom is 0.256 e. The van der Waals surface area contributed by atoms with E-state index in [1.807, 2.05) is 24.3 Å². The predicted octanol–water partition coefficient (Wildman–Crippen LogP) is 4.59. The van der Waals surface area contributed by atoms with Crippen LogP contribution in [0.15, 0.2) is 46.9 Å². The van der Waals surface area contributed by atoms with Crippen molar-refractivity contribution in [2.75, 3.05) is 12.4 Å². The number of para-hydroxylation sites is 1. The SMILES string of the molecule is COc1cccc2cc(C=C3C(=O)Nc4ccc(Cl)cc43)oc12. The lowest BCUT2D eigenvalue weighted by Crippen LogP contribution is -2.03. The molecule has 0 saturated carbocycles. The number of halogens is 1. The van der Waals surface area contributed by atoms with E-state index in [1.54, 1.807) is 31.4 Å². The Morgan fingerprint density at radius 1 is 1.22 bits per heavy atom. The molecule has 23 heavy (non-hydrogen) atoms. The number of furan rings is 1. The fourth-order valence-electron chi connectivity index (χ4n) is 2.73. The molecule has 4 nitrogen and oxygen atoms in total. The van der Waals surface area contributed by atoms with Crippen molar-refractivity contribution in [2.24, 2.45) is 0 Å². The normalized spacial score (nSPS) is 15.0. The van der Waals surface area contributed by atoms with Crippen molar-refractivity contribution in [2.45, 2.75) is 0 Å². The second kappa shape index (κ2) is 5.18. The van der Waals surface area contributed by atoms with Gasteiger partial charge in [0, 0.05) is 21.7 Å². The van der Waals surface area contributed by atoms with Crippen LogP contribution in [0.3, 0.4) is 0 Å². The van der Waals surface area contributed by atoms with E-state index in [4.69, 9.17) is 20.8 Å². The van der Waals surface area contributed by atoms with Gasteiger partial charge >= 0.3 is 0 Å². The molecular formula is C18H12ClNO3. The van der Waals surface area contributed by atoms with Crippen LogP contribution in [-0.2, 0) is 4.79 Å². The predicted molar refractivity (Wildman–Crippen MR) is 90.7 cm³/mol. The van der Waals surface area contributed by atoms with Gasteiger partial charge in [-0.15, -0.1) is 0 Å². The van der Waals surface area contributed by atoms with Crippen LogP contribution in [0.4, 0.5) is 5.69 Å². The van der Waals surface area contributed by atoms with Crippen LogP contribution >= 0.6 is 11.6 Å². The Balaban J connectivity index is 1.85. The Kier molecular flexibility index (Phi) is 3.13. The highest BCUT2D eigenvalue weighted by Crippen LogP contribution is 2.36. The number of rotatable bonds is 2. The minimum absolute atomic E-state index is 0.172. The standard InChI is InChI=1S/C18H12ClNO3/c1-22-16-4-2-3-10-7-12(23-17(10)16)9-14-13-8-11(19)5-6-15(13)20-18(14)21/h2-9H,1H3,(H,20,21). The van der Waals surface area contributed by atoms with E-state index in [1.165, 1.54) is 0 Å². The first kappa shape index (κ1) is 13.9. The van der Waals surface area contributed by atoms with Gasteiger partial charge in [-0.25, -0.2) is 0 Å². The smallest absolute Gasteiger partial charge is 0.256 e. The van der Waals surface area contributed by atoms with Gasteiger partial charge in [0.2, 0.25) is 0 Å². The highest BCUT2D eigenvalue weighted by Gasteiger charge is 2.24. The molecule has 0 saturated heterocycles. The first-order valence-electron chi connectivity index (χ1n) is 7.05. The molecule has 0 bridgehead atoms. The summed E-state index contributed by atoms with van der Waals surface area (Å²) in [6, 6.07) is 12.8. The number of carbonyl (C=O) groups is 1. The van der Waals surface area contributed by atoms with E-state index in [0.717, 1.165) is 16.6 Å². The van der Waals surface area contributed by atoms with Crippen LogP contribution in [0, 0.1) is 0 Å². The fraction of sp³-hybridized carbons (Fsp3) is 0.0556. The van der Waals surface area contributed by atoms with Gasteiger partial charge < -0.3 is 14.5 Å². The first-order chi connectivity index (χ1) is 11.2. The average molecular weight is 326 g/mol. The van der Waals surface area contributed by atoms with Gasteiger partial charge in [0.05, 0.1) is 12.7 Å². The zero-order chi connectivity index (χ0) is 16.0. The molecule has 3 aromatic rings. The molecule has 1 aliphatic heterocycles. The number of carbonyl (C=O) groups excluding carboxylic acids is 1. The number of amides is 1. The van der Waals surface area contributed by atoms with Crippen LogP contribution in [-0.4, -0.2) is 13.0 Å². The quantitative estimate of drug-likeness (QED) is 0.701. The molecule has 0 atom stereocenters. The third kappa shape index (κ3) is 2.28. The summed E-state index contributed by atoms with van der Waals surface area (Å²) in [7, 11) is 1.60. The molecule has 0 fully saturated rings. The Hall–Kier alpha value is -2.72. The van der Waals surface area contributed by atoms with E-state index >= 15 is 0 Å². The van der Waals surface area contributed by atoms with Crippen LogP contribution in [0.2, 0.25) is 5.02 Å². The van der Waals surface area contributed by atoms with E-state index < -0.39 is 0 Å². The molecule has 5 heteroatoms. The van der Waals surface area contributed by atoms with Crippen LogP contribution in [0.5, 0.6) is 5.75 Å². The van der Waals surface area contributed by atoms with Crippen LogP contribution < -0.4 is 10.1 Å². The summed E-state index contributed by atoms with van der Waals surface area (Å²) in [6.45, 7) is 0. The summed E-state index contributed by atoms with van der Waals surface area (Å²) < 4.78 is 11.1. The summed E-state index contributed by atoms with van der Waals surface area (Å²) in [5, 5.41) is 4.32. The van der Waals surface area contributed by atoms with Crippen LogP contribution in [0.25, 0.3) is 22.6 Å². The fourth-order valence-corrected chi connectivity index (χ4v) is 2.91. The van der Waals surface area contributed by atoms with Crippen molar-refractivity contribution >= 4 is 45.8 Å². The summed E-state index contributed by atoms with van der Waals surface area (Å²) >= 11 is 6.04. The zero-order valence-corrected chi connectivity index (χ0v) is 13.0. The van der Waals surface area contributed by atoms with Gasteiger partial charge in [0.15, 0.2) is 11.3 Å². The molecule has 0 spiro atoms. The molecule has 0 radical (unpaired) electrons. The van der Waals surface area contributed by atoms with Crippen molar-refractivity contribution in [3.8, 4) is 5.75 Å². The molecule has 1 aromatic heterocycles. The molecular weight excluding hydrogens is 314 g/mol. The Labute approximate surface area is 137 Å². The number of anilines is 1. The minimum atomic E-state index is -0.172. The van der Waals surface area contributed by atoms with E-state index in [9.17, 15) is 4.79 Å². The zero-order valence-electron chi connectivity index (χ0n) is 12.2. The first-order valence-corrected chi connectivity index (χ1v) is 7.43. The van der Waals surface area contributed by atoms with Crippen molar-refractivity contribution < 1.29 is 13.9 Å². The molecule has 114 valence electrons. The second-order valence-corrected chi connectivity index (χ2v) is 5.67. The molecule has 2 aromatic carbocycles. The topological polar surface area (TPSA) is 51.5 Å². The van der Waals surface area contributed by atoms with Gasteiger partial charge in [-0.3, -0.25) is 4.79 Å². The summed E-state index contributed by atoms with van der Waals surface area (Å²) in [4.78, 5) is 12.2. The van der Waals surface area contributed by atoms with E-state index in [0.29, 0.717) is 27.7 Å². The van der Waals surface area contributed by atoms with Crippen molar-refractivity contribution in [1.82, 2.24) is 0 Å². The van der Waals surface area contributed by atoms with Crippen molar-refractivity contribution in [1.29, 1.82) is 0 Å². The molecule has 1 aliphatic rings. The lowest BCUT2D eigenvalue weighted by atomic mass is 10.1. The molecule has 2 heterocycles. The maximum absolute atomic E-state index is 12.2. The Bertz CT molecular complexity index is 972. The van der Waals surface area contributed by atoms with E-state index in [-0.39, 0.29) is 5.91 Å². The summed E-state index contributed by atoms with van der Waals surface area (Å²) in [5.74, 6) is 1.07. The second-order valence-electron chi connectivity index (χ2n) is 5.23. The maximum atomic E-state index is 12.2. The third-order valence-electron chi connectivity index (χ3n) is 3.80. The largest absolute Gasteiger partial charge is 0.493 e. The third-order valence-corrected chi connectivity index (χ3v) is 4.03. The minimum Gasteiger partial charge on any atom is -0.493 e. The highest BCUT2D eigenvalue weighted by molar-refractivity contribution is 6.36. The molecule has 0 aliphatic carbocycles.